The number of nitrogens with zero attached hydrogens (tertiary/aromatic N) is 2. The molecule has 1 fully saturated rings. The van der Waals surface area contributed by atoms with E-state index in [2.05, 4.69) is 10.3 Å². The maximum Gasteiger partial charge on any atom is 0.317 e. The van der Waals surface area contributed by atoms with Crippen LogP contribution in [0.1, 0.15) is 5.56 Å². The lowest BCUT2D eigenvalue weighted by Crippen LogP contribution is -2.45. The zero-order valence-electron chi connectivity index (χ0n) is 11.6. The summed E-state index contributed by atoms with van der Waals surface area (Å²) in [5, 5.41) is 2.91. The molecule has 1 aliphatic heterocycles. The van der Waals surface area contributed by atoms with Crippen molar-refractivity contribution < 1.29 is 13.9 Å². The molecular weight excluding hydrogens is 270 g/mol. The van der Waals surface area contributed by atoms with Gasteiger partial charge in [0.1, 0.15) is 0 Å². The smallest absolute Gasteiger partial charge is 0.317 e. The number of pyridine rings is 1. The van der Waals surface area contributed by atoms with E-state index in [1.807, 2.05) is 12.1 Å². The zero-order chi connectivity index (χ0) is 14.5. The third kappa shape index (κ3) is 3.41. The van der Waals surface area contributed by atoms with E-state index in [0.29, 0.717) is 32.8 Å². The number of hydrogen-bond donors (Lipinski definition) is 1. The summed E-state index contributed by atoms with van der Waals surface area (Å²) in [6, 6.07) is 3.82. The van der Waals surface area contributed by atoms with Crippen LogP contribution in [0.5, 0.6) is 0 Å². The van der Waals surface area contributed by atoms with Crippen LogP contribution in [0.25, 0.3) is 11.1 Å². The Bertz CT molecular complexity index is 592. The fraction of sp³-hybridized carbons (Fsp3) is 0.333. The highest BCUT2D eigenvalue weighted by molar-refractivity contribution is 5.74. The summed E-state index contributed by atoms with van der Waals surface area (Å²) < 4.78 is 10.3. The standard InChI is InChI=1S/C15H17N3O3/c19-15(18-2-5-20-6-3-18)17-9-12-7-14(10-16-8-12)13-1-4-21-11-13/h1,4,7-8,10-11H,2-3,5-6,9H2,(H,17,19). The molecular formula is C15H17N3O3. The van der Waals surface area contributed by atoms with Crippen LogP contribution in [0, 0.1) is 0 Å². The second-order valence-electron chi connectivity index (χ2n) is 4.85. The third-order valence-corrected chi connectivity index (χ3v) is 3.39. The van der Waals surface area contributed by atoms with Crippen molar-refractivity contribution in [3.8, 4) is 11.1 Å². The molecule has 1 saturated heterocycles. The van der Waals surface area contributed by atoms with Crippen molar-refractivity contribution >= 4 is 6.03 Å². The summed E-state index contributed by atoms with van der Waals surface area (Å²) in [6.45, 7) is 2.93. The SMILES string of the molecule is O=C(NCc1cncc(-c2ccoc2)c1)N1CCOCC1. The molecule has 1 aliphatic rings. The highest BCUT2D eigenvalue weighted by Crippen LogP contribution is 2.19. The van der Waals surface area contributed by atoms with Gasteiger partial charge >= 0.3 is 6.03 Å². The molecule has 0 atom stereocenters. The first-order valence-corrected chi connectivity index (χ1v) is 6.90. The molecule has 3 rings (SSSR count). The van der Waals surface area contributed by atoms with Crippen LogP contribution < -0.4 is 5.32 Å². The van der Waals surface area contributed by atoms with Crippen molar-refractivity contribution in [1.82, 2.24) is 15.2 Å². The molecule has 110 valence electrons. The van der Waals surface area contributed by atoms with Gasteiger partial charge in [-0.2, -0.15) is 0 Å². The van der Waals surface area contributed by atoms with Crippen molar-refractivity contribution in [3.63, 3.8) is 0 Å². The second-order valence-corrected chi connectivity index (χ2v) is 4.85. The van der Waals surface area contributed by atoms with Crippen LogP contribution in [-0.4, -0.2) is 42.2 Å². The number of urea groups is 1. The predicted molar refractivity (Wildman–Crippen MR) is 76.6 cm³/mol. The fourth-order valence-electron chi connectivity index (χ4n) is 2.23. The summed E-state index contributed by atoms with van der Waals surface area (Å²) in [5.41, 5.74) is 2.90. The molecule has 3 heterocycles. The Labute approximate surface area is 122 Å². The van der Waals surface area contributed by atoms with E-state index in [1.165, 1.54) is 0 Å². The summed E-state index contributed by atoms with van der Waals surface area (Å²) in [6.07, 6.45) is 6.83. The third-order valence-electron chi connectivity index (χ3n) is 3.39. The zero-order valence-corrected chi connectivity index (χ0v) is 11.6. The highest BCUT2D eigenvalue weighted by Gasteiger charge is 2.16. The van der Waals surface area contributed by atoms with Gasteiger partial charge in [0.15, 0.2) is 0 Å². The quantitative estimate of drug-likeness (QED) is 0.936. The molecule has 2 aromatic heterocycles. The van der Waals surface area contributed by atoms with Crippen LogP contribution in [0.3, 0.4) is 0 Å². The maximum atomic E-state index is 12.0. The first-order valence-electron chi connectivity index (χ1n) is 6.90. The number of rotatable bonds is 3. The van der Waals surface area contributed by atoms with Gasteiger partial charge in [-0.1, -0.05) is 0 Å². The van der Waals surface area contributed by atoms with Gasteiger partial charge in [0, 0.05) is 43.2 Å². The normalized spacial score (nSPS) is 15.0. The maximum absolute atomic E-state index is 12.0. The number of carbonyl (C=O) groups excluding carboxylic acids is 1. The molecule has 0 unspecified atom stereocenters. The van der Waals surface area contributed by atoms with Gasteiger partial charge in [-0.15, -0.1) is 0 Å². The van der Waals surface area contributed by atoms with E-state index in [1.54, 1.807) is 29.8 Å². The van der Waals surface area contributed by atoms with E-state index in [0.717, 1.165) is 16.7 Å². The van der Waals surface area contributed by atoms with Crippen molar-refractivity contribution in [2.45, 2.75) is 6.54 Å². The molecule has 0 radical (unpaired) electrons. The number of ether oxygens (including phenoxy) is 1. The van der Waals surface area contributed by atoms with Crippen LogP contribution >= 0.6 is 0 Å². The molecule has 0 aromatic carbocycles. The minimum Gasteiger partial charge on any atom is -0.472 e. The van der Waals surface area contributed by atoms with Gasteiger partial charge in [0.05, 0.1) is 25.7 Å². The number of nitrogens with one attached hydrogen (secondary N) is 1. The Morgan fingerprint density at radius 1 is 1.29 bits per heavy atom. The minimum absolute atomic E-state index is 0.0629. The Balaban J connectivity index is 1.60. The number of amides is 2. The van der Waals surface area contributed by atoms with Gasteiger partial charge in [0.2, 0.25) is 0 Å². The molecule has 21 heavy (non-hydrogen) atoms. The molecule has 6 nitrogen and oxygen atoms in total. The van der Waals surface area contributed by atoms with Gasteiger partial charge in [-0.3, -0.25) is 4.98 Å². The lowest BCUT2D eigenvalue weighted by Gasteiger charge is -2.26. The van der Waals surface area contributed by atoms with Crippen LogP contribution in [0.4, 0.5) is 4.79 Å². The van der Waals surface area contributed by atoms with E-state index >= 15 is 0 Å². The molecule has 0 bridgehead atoms. The Hall–Kier alpha value is -2.34. The van der Waals surface area contributed by atoms with Crippen LogP contribution in [-0.2, 0) is 11.3 Å². The molecule has 2 aromatic rings. The average molecular weight is 287 g/mol. The predicted octanol–water partition coefficient (Wildman–Crippen LogP) is 1.88. The summed E-state index contributed by atoms with van der Waals surface area (Å²) in [4.78, 5) is 18.0. The Kier molecular flexibility index (Phi) is 4.16. The van der Waals surface area contributed by atoms with Crippen molar-refractivity contribution in [2.75, 3.05) is 26.3 Å². The molecule has 0 aliphatic carbocycles. The van der Waals surface area contributed by atoms with Crippen LogP contribution in [0.15, 0.2) is 41.5 Å². The van der Waals surface area contributed by atoms with E-state index in [4.69, 9.17) is 9.15 Å². The van der Waals surface area contributed by atoms with E-state index < -0.39 is 0 Å². The summed E-state index contributed by atoms with van der Waals surface area (Å²) >= 11 is 0. The van der Waals surface area contributed by atoms with Crippen molar-refractivity contribution in [2.24, 2.45) is 0 Å². The molecule has 0 spiro atoms. The van der Waals surface area contributed by atoms with Gasteiger partial charge in [-0.05, 0) is 17.7 Å². The second kappa shape index (κ2) is 6.41. The number of furan rings is 1. The van der Waals surface area contributed by atoms with E-state index in [9.17, 15) is 4.79 Å². The number of hydrogen-bond acceptors (Lipinski definition) is 4. The molecule has 0 saturated carbocycles. The summed E-state index contributed by atoms with van der Waals surface area (Å²) in [7, 11) is 0. The van der Waals surface area contributed by atoms with Crippen molar-refractivity contribution in [3.05, 3.63) is 42.6 Å². The van der Waals surface area contributed by atoms with Crippen molar-refractivity contribution in [1.29, 1.82) is 0 Å². The van der Waals surface area contributed by atoms with Crippen LogP contribution in [0.2, 0.25) is 0 Å². The number of aromatic nitrogens is 1. The topological polar surface area (TPSA) is 67.6 Å². The first-order chi connectivity index (χ1) is 10.3. The highest BCUT2D eigenvalue weighted by atomic mass is 16.5. The molecule has 1 N–H and O–H groups in total. The lowest BCUT2D eigenvalue weighted by molar-refractivity contribution is 0.0531. The van der Waals surface area contributed by atoms with Gasteiger partial charge < -0.3 is 19.4 Å². The Morgan fingerprint density at radius 2 is 2.14 bits per heavy atom. The van der Waals surface area contributed by atoms with Gasteiger partial charge in [0.25, 0.3) is 0 Å². The van der Waals surface area contributed by atoms with Gasteiger partial charge in [-0.25, -0.2) is 4.79 Å². The molecule has 6 heteroatoms. The average Bonchev–Trinajstić information content (AvgIpc) is 3.08. The number of carbonyl (C=O) groups is 1. The molecule has 2 amide bonds. The fourth-order valence-corrected chi connectivity index (χ4v) is 2.23. The Morgan fingerprint density at radius 3 is 2.90 bits per heavy atom. The minimum atomic E-state index is -0.0629. The monoisotopic (exact) mass is 287 g/mol. The lowest BCUT2D eigenvalue weighted by atomic mass is 10.1. The number of morpholine rings is 1. The first kappa shape index (κ1) is 13.6. The summed E-state index contributed by atoms with van der Waals surface area (Å²) in [5.74, 6) is 0. The largest absolute Gasteiger partial charge is 0.472 e. The van der Waals surface area contributed by atoms with E-state index in [-0.39, 0.29) is 6.03 Å².